The van der Waals surface area contributed by atoms with Gasteiger partial charge in [0.2, 0.25) is 0 Å². The van der Waals surface area contributed by atoms with E-state index in [2.05, 4.69) is 48.5 Å². The Bertz CT molecular complexity index is 241. The first kappa shape index (κ1) is 15.2. The second-order valence-corrected chi connectivity index (χ2v) is 5.52. The molecule has 2 amide bonds. The molecule has 0 saturated carbocycles. The molecule has 1 aliphatic rings. The highest BCUT2D eigenvalue weighted by Crippen LogP contribution is 2.03. The Kier molecular flexibility index (Phi) is 6.43. The first-order chi connectivity index (χ1) is 8.50. The van der Waals surface area contributed by atoms with Crippen molar-refractivity contribution in [1.82, 2.24) is 20.9 Å². The van der Waals surface area contributed by atoms with Gasteiger partial charge in [0.05, 0.1) is 0 Å². The van der Waals surface area contributed by atoms with E-state index in [1.54, 1.807) is 0 Å². The molecular weight excluding hydrogens is 228 g/mol. The van der Waals surface area contributed by atoms with E-state index in [1.807, 2.05) is 0 Å². The molecular formula is C13H28N4O. The summed E-state index contributed by atoms with van der Waals surface area (Å²) in [5.41, 5.74) is 0. The number of carbonyl (C=O) groups excluding carboxylic acids is 1. The third kappa shape index (κ3) is 5.23. The van der Waals surface area contributed by atoms with Crippen molar-refractivity contribution in [2.45, 2.75) is 52.2 Å². The maximum absolute atomic E-state index is 11.7. The van der Waals surface area contributed by atoms with Gasteiger partial charge >= 0.3 is 6.03 Å². The van der Waals surface area contributed by atoms with Crippen LogP contribution in [0, 0.1) is 0 Å². The molecule has 0 aliphatic carbocycles. The maximum Gasteiger partial charge on any atom is 0.315 e. The highest BCUT2D eigenvalue weighted by atomic mass is 16.2. The van der Waals surface area contributed by atoms with Crippen molar-refractivity contribution < 1.29 is 4.79 Å². The average Bonchev–Trinajstić information content (AvgIpc) is 2.75. The molecule has 3 N–H and O–H groups in total. The lowest BCUT2D eigenvalue weighted by molar-refractivity contribution is 0.175. The molecule has 0 aromatic heterocycles. The van der Waals surface area contributed by atoms with Crippen LogP contribution in [0.4, 0.5) is 4.79 Å². The minimum absolute atomic E-state index is 0.0452. The number of hydrogen-bond acceptors (Lipinski definition) is 3. The molecule has 0 aromatic carbocycles. The Morgan fingerprint density at radius 3 is 2.50 bits per heavy atom. The van der Waals surface area contributed by atoms with E-state index in [4.69, 9.17) is 0 Å². The monoisotopic (exact) mass is 256 g/mol. The second kappa shape index (κ2) is 7.59. The SMILES string of the molecule is CC(C)N(CCNC(=O)N[C@H]1CCNC1)C(C)C. The molecule has 1 aliphatic heterocycles. The van der Waals surface area contributed by atoms with Gasteiger partial charge < -0.3 is 16.0 Å². The molecule has 1 fully saturated rings. The third-order valence-electron chi connectivity index (χ3n) is 3.38. The van der Waals surface area contributed by atoms with Gasteiger partial charge in [-0.05, 0) is 40.7 Å². The molecule has 5 heteroatoms. The lowest BCUT2D eigenvalue weighted by Crippen LogP contribution is -2.47. The standard InChI is InChI=1S/C13H28N4O/c1-10(2)17(11(3)4)8-7-15-13(18)16-12-5-6-14-9-12/h10-12,14H,5-9H2,1-4H3,(H2,15,16,18)/t12-/m0/s1. The fraction of sp³-hybridized carbons (Fsp3) is 0.923. The Balaban J connectivity index is 2.17. The van der Waals surface area contributed by atoms with Gasteiger partial charge in [-0.1, -0.05) is 0 Å². The summed E-state index contributed by atoms with van der Waals surface area (Å²) in [4.78, 5) is 14.0. The Morgan fingerprint density at radius 2 is 2.00 bits per heavy atom. The van der Waals surface area contributed by atoms with E-state index in [9.17, 15) is 4.79 Å². The number of nitrogens with zero attached hydrogens (tertiary/aromatic N) is 1. The number of urea groups is 1. The first-order valence-electron chi connectivity index (χ1n) is 7.01. The van der Waals surface area contributed by atoms with Crippen molar-refractivity contribution in [2.24, 2.45) is 0 Å². The summed E-state index contributed by atoms with van der Waals surface area (Å²) < 4.78 is 0. The zero-order valence-corrected chi connectivity index (χ0v) is 12.1. The Morgan fingerprint density at radius 1 is 1.33 bits per heavy atom. The van der Waals surface area contributed by atoms with Crippen LogP contribution in [0.15, 0.2) is 0 Å². The van der Waals surface area contributed by atoms with Gasteiger partial charge in [0.25, 0.3) is 0 Å². The molecule has 1 heterocycles. The Labute approximate surface area is 111 Å². The molecule has 0 radical (unpaired) electrons. The molecule has 0 bridgehead atoms. The van der Waals surface area contributed by atoms with E-state index >= 15 is 0 Å². The lowest BCUT2D eigenvalue weighted by Gasteiger charge is -2.30. The number of hydrogen-bond donors (Lipinski definition) is 3. The molecule has 106 valence electrons. The van der Waals surface area contributed by atoms with Crippen molar-refractivity contribution >= 4 is 6.03 Å². The molecule has 0 aromatic rings. The fourth-order valence-electron chi connectivity index (χ4n) is 2.43. The fourth-order valence-corrected chi connectivity index (χ4v) is 2.43. The quantitative estimate of drug-likeness (QED) is 0.658. The van der Waals surface area contributed by atoms with Crippen LogP contribution in [-0.4, -0.2) is 55.2 Å². The third-order valence-corrected chi connectivity index (χ3v) is 3.38. The van der Waals surface area contributed by atoms with Crippen molar-refractivity contribution in [3.05, 3.63) is 0 Å². The smallest absolute Gasteiger partial charge is 0.315 e. The zero-order valence-electron chi connectivity index (χ0n) is 12.1. The molecule has 5 nitrogen and oxygen atoms in total. The summed E-state index contributed by atoms with van der Waals surface area (Å²) in [6, 6.07) is 1.26. The first-order valence-corrected chi connectivity index (χ1v) is 7.01. The summed E-state index contributed by atoms with van der Waals surface area (Å²) >= 11 is 0. The topological polar surface area (TPSA) is 56.4 Å². The Hall–Kier alpha value is -0.810. The average molecular weight is 256 g/mol. The summed E-state index contributed by atoms with van der Waals surface area (Å²) in [6.07, 6.45) is 1.03. The van der Waals surface area contributed by atoms with Crippen molar-refractivity contribution in [1.29, 1.82) is 0 Å². The van der Waals surface area contributed by atoms with E-state index in [1.165, 1.54) is 0 Å². The van der Waals surface area contributed by atoms with Gasteiger partial charge in [0.15, 0.2) is 0 Å². The predicted octanol–water partition coefficient (Wildman–Crippen LogP) is 0.766. The van der Waals surface area contributed by atoms with Crippen LogP contribution in [0.25, 0.3) is 0 Å². The van der Waals surface area contributed by atoms with Crippen LogP contribution in [0.3, 0.4) is 0 Å². The van der Waals surface area contributed by atoms with Crippen molar-refractivity contribution in [3.63, 3.8) is 0 Å². The van der Waals surface area contributed by atoms with Gasteiger partial charge in [0, 0.05) is 37.8 Å². The molecule has 1 saturated heterocycles. The van der Waals surface area contributed by atoms with Crippen molar-refractivity contribution in [2.75, 3.05) is 26.2 Å². The van der Waals surface area contributed by atoms with Crippen molar-refractivity contribution in [3.8, 4) is 0 Å². The summed E-state index contributed by atoms with van der Waals surface area (Å²) in [6.45, 7) is 12.2. The normalized spacial score (nSPS) is 19.8. The summed E-state index contributed by atoms with van der Waals surface area (Å²) in [7, 11) is 0. The van der Waals surface area contributed by atoms with E-state index < -0.39 is 0 Å². The van der Waals surface area contributed by atoms with E-state index in [0.29, 0.717) is 18.6 Å². The molecule has 1 rings (SSSR count). The highest BCUT2D eigenvalue weighted by molar-refractivity contribution is 5.74. The summed E-state index contributed by atoms with van der Waals surface area (Å²) in [5.74, 6) is 0. The van der Waals surface area contributed by atoms with Crippen LogP contribution in [0.5, 0.6) is 0 Å². The van der Waals surface area contributed by atoms with E-state index in [0.717, 1.165) is 26.1 Å². The van der Waals surface area contributed by atoms with Crippen LogP contribution in [0.1, 0.15) is 34.1 Å². The van der Waals surface area contributed by atoms with Gasteiger partial charge in [-0.2, -0.15) is 0 Å². The van der Waals surface area contributed by atoms with Gasteiger partial charge in [0.1, 0.15) is 0 Å². The molecule has 18 heavy (non-hydrogen) atoms. The van der Waals surface area contributed by atoms with E-state index in [-0.39, 0.29) is 12.1 Å². The van der Waals surface area contributed by atoms with Crippen LogP contribution < -0.4 is 16.0 Å². The molecule has 0 spiro atoms. The largest absolute Gasteiger partial charge is 0.337 e. The number of carbonyl (C=O) groups is 1. The van der Waals surface area contributed by atoms with Crippen LogP contribution in [-0.2, 0) is 0 Å². The number of nitrogens with one attached hydrogen (secondary N) is 3. The van der Waals surface area contributed by atoms with Crippen LogP contribution >= 0.6 is 0 Å². The highest BCUT2D eigenvalue weighted by Gasteiger charge is 2.17. The van der Waals surface area contributed by atoms with Gasteiger partial charge in [-0.15, -0.1) is 0 Å². The zero-order chi connectivity index (χ0) is 13.5. The maximum atomic E-state index is 11.7. The number of rotatable bonds is 6. The second-order valence-electron chi connectivity index (χ2n) is 5.52. The van der Waals surface area contributed by atoms with Gasteiger partial charge in [-0.25, -0.2) is 4.79 Å². The molecule has 1 atom stereocenters. The predicted molar refractivity (Wildman–Crippen MR) is 74.8 cm³/mol. The van der Waals surface area contributed by atoms with Gasteiger partial charge in [-0.3, -0.25) is 4.90 Å². The number of amides is 2. The van der Waals surface area contributed by atoms with Crippen LogP contribution in [0.2, 0.25) is 0 Å². The molecule has 0 unspecified atom stereocenters. The lowest BCUT2D eigenvalue weighted by atomic mass is 10.2. The minimum Gasteiger partial charge on any atom is -0.337 e. The minimum atomic E-state index is -0.0452. The summed E-state index contributed by atoms with van der Waals surface area (Å²) in [5, 5.41) is 9.14.